The largest absolute Gasteiger partial charge is 0.354 e. The number of halogens is 1. The maximum absolute atomic E-state index is 11.3. The van der Waals surface area contributed by atoms with Crippen LogP contribution in [0.4, 0.5) is 0 Å². The first kappa shape index (κ1) is 15.7. The Labute approximate surface area is 105 Å². The number of amides is 1. The van der Waals surface area contributed by atoms with Gasteiger partial charge >= 0.3 is 0 Å². The van der Waals surface area contributed by atoms with E-state index in [-0.39, 0.29) is 18.3 Å². The first-order chi connectivity index (χ1) is 7.16. The molecule has 4 heteroatoms. The van der Waals surface area contributed by atoms with Crippen LogP contribution in [0, 0.1) is 5.41 Å². The summed E-state index contributed by atoms with van der Waals surface area (Å²) in [6.45, 7) is 3.57. The van der Waals surface area contributed by atoms with Crippen LogP contribution in [0.2, 0.25) is 0 Å². The van der Waals surface area contributed by atoms with Crippen LogP contribution in [0.3, 0.4) is 0 Å². The summed E-state index contributed by atoms with van der Waals surface area (Å²) < 4.78 is 0. The zero-order valence-electron chi connectivity index (χ0n) is 10.5. The molecule has 0 unspecified atom stereocenters. The molecule has 0 heterocycles. The molecule has 1 rings (SSSR count). The molecule has 1 aliphatic carbocycles. The van der Waals surface area contributed by atoms with Crippen molar-refractivity contribution in [2.75, 3.05) is 20.1 Å². The van der Waals surface area contributed by atoms with Crippen LogP contribution in [0.5, 0.6) is 0 Å². The molecule has 16 heavy (non-hydrogen) atoms. The minimum atomic E-state index is 0. The fourth-order valence-corrected chi connectivity index (χ4v) is 2.29. The van der Waals surface area contributed by atoms with Crippen LogP contribution in [0.25, 0.3) is 0 Å². The van der Waals surface area contributed by atoms with E-state index in [1.54, 1.807) is 7.05 Å². The van der Waals surface area contributed by atoms with E-state index in [4.69, 9.17) is 0 Å². The number of rotatable bonds is 4. The Kier molecular flexibility index (Phi) is 7.77. The molecule has 1 aliphatic rings. The lowest BCUT2D eigenvalue weighted by molar-refractivity contribution is -0.120. The molecule has 2 N–H and O–H groups in total. The average molecular weight is 249 g/mol. The quantitative estimate of drug-likeness (QED) is 0.749. The Morgan fingerprint density at radius 3 is 2.25 bits per heavy atom. The molecule has 0 aliphatic heterocycles. The summed E-state index contributed by atoms with van der Waals surface area (Å²) in [6.07, 6.45) is 7.87. The number of likely N-dealkylation sites (N-methyl/N-ethyl adjacent to an activating group) is 1. The van der Waals surface area contributed by atoms with Crippen LogP contribution in [-0.2, 0) is 4.79 Å². The number of hydrogen-bond donors (Lipinski definition) is 2. The van der Waals surface area contributed by atoms with E-state index in [2.05, 4.69) is 17.6 Å². The van der Waals surface area contributed by atoms with E-state index >= 15 is 0 Å². The standard InChI is InChI=1S/C12H24N2O.ClH/c1-12(7-5-3-4-6-8-12)10-14-11(15)9-13-2;/h13H,3-10H2,1-2H3,(H,14,15);1H. The highest BCUT2D eigenvalue weighted by Crippen LogP contribution is 2.33. The molecule has 0 aromatic carbocycles. The summed E-state index contributed by atoms with van der Waals surface area (Å²) in [5.74, 6) is 0.114. The Morgan fingerprint density at radius 1 is 1.19 bits per heavy atom. The summed E-state index contributed by atoms with van der Waals surface area (Å²) in [6, 6.07) is 0. The van der Waals surface area contributed by atoms with Crippen LogP contribution in [0.1, 0.15) is 45.4 Å². The maximum atomic E-state index is 11.3. The van der Waals surface area contributed by atoms with E-state index in [0.29, 0.717) is 12.0 Å². The Balaban J connectivity index is 0.00000225. The van der Waals surface area contributed by atoms with Crippen LogP contribution in [0.15, 0.2) is 0 Å². The minimum Gasteiger partial charge on any atom is -0.354 e. The molecule has 1 fully saturated rings. The predicted octanol–water partition coefficient (Wildman–Crippen LogP) is 2.10. The van der Waals surface area contributed by atoms with Gasteiger partial charge in [0.05, 0.1) is 6.54 Å². The average Bonchev–Trinajstić information content (AvgIpc) is 2.42. The second-order valence-electron chi connectivity index (χ2n) is 5.03. The Morgan fingerprint density at radius 2 is 1.75 bits per heavy atom. The Bertz CT molecular complexity index is 201. The van der Waals surface area contributed by atoms with Crippen molar-refractivity contribution >= 4 is 18.3 Å². The summed E-state index contributed by atoms with van der Waals surface area (Å²) in [7, 11) is 1.80. The van der Waals surface area contributed by atoms with Gasteiger partial charge < -0.3 is 10.6 Å². The first-order valence-corrected chi connectivity index (χ1v) is 6.08. The topological polar surface area (TPSA) is 41.1 Å². The van der Waals surface area contributed by atoms with E-state index in [0.717, 1.165) is 6.54 Å². The second kappa shape index (κ2) is 7.91. The highest BCUT2D eigenvalue weighted by molar-refractivity contribution is 5.85. The third kappa shape index (κ3) is 5.71. The Hall–Kier alpha value is -0.280. The van der Waals surface area contributed by atoms with E-state index in [1.807, 2.05) is 0 Å². The fraction of sp³-hybridized carbons (Fsp3) is 0.917. The van der Waals surface area contributed by atoms with E-state index in [9.17, 15) is 4.79 Å². The van der Waals surface area contributed by atoms with Gasteiger partial charge in [-0.3, -0.25) is 4.79 Å². The van der Waals surface area contributed by atoms with Gasteiger partial charge in [-0.05, 0) is 25.3 Å². The zero-order valence-corrected chi connectivity index (χ0v) is 11.3. The maximum Gasteiger partial charge on any atom is 0.233 e. The molecule has 96 valence electrons. The van der Waals surface area contributed by atoms with Crippen molar-refractivity contribution < 1.29 is 4.79 Å². The summed E-state index contributed by atoms with van der Waals surface area (Å²) in [4.78, 5) is 11.3. The molecular weight excluding hydrogens is 224 g/mol. The number of nitrogens with one attached hydrogen (secondary N) is 2. The number of carbonyl (C=O) groups excluding carboxylic acids is 1. The molecule has 0 bridgehead atoms. The van der Waals surface area contributed by atoms with Gasteiger partial charge in [0.25, 0.3) is 0 Å². The van der Waals surface area contributed by atoms with Gasteiger partial charge in [-0.2, -0.15) is 0 Å². The van der Waals surface area contributed by atoms with Gasteiger partial charge in [0, 0.05) is 6.54 Å². The van der Waals surface area contributed by atoms with Crippen molar-refractivity contribution in [3.8, 4) is 0 Å². The third-order valence-electron chi connectivity index (χ3n) is 3.36. The molecule has 0 saturated heterocycles. The molecule has 1 amide bonds. The SMILES string of the molecule is CNCC(=O)NCC1(C)CCCCCC1.Cl. The molecule has 0 aromatic heterocycles. The third-order valence-corrected chi connectivity index (χ3v) is 3.36. The smallest absolute Gasteiger partial charge is 0.233 e. The summed E-state index contributed by atoms with van der Waals surface area (Å²) >= 11 is 0. The number of hydrogen-bond acceptors (Lipinski definition) is 2. The van der Waals surface area contributed by atoms with Crippen molar-refractivity contribution in [1.82, 2.24) is 10.6 Å². The van der Waals surface area contributed by atoms with Gasteiger partial charge in [0.2, 0.25) is 5.91 Å². The van der Waals surface area contributed by atoms with Crippen molar-refractivity contribution in [2.45, 2.75) is 45.4 Å². The molecule has 3 nitrogen and oxygen atoms in total. The minimum absolute atomic E-state index is 0. The molecule has 1 saturated carbocycles. The van der Waals surface area contributed by atoms with Crippen LogP contribution in [-0.4, -0.2) is 26.0 Å². The fourth-order valence-electron chi connectivity index (χ4n) is 2.29. The molecule has 0 atom stereocenters. The molecular formula is C12H25ClN2O. The van der Waals surface area contributed by atoms with Gasteiger partial charge in [-0.1, -0.05) is 32.6 Å². The summed E-state index contributed by atoms with van der Waals surface area (Å²) in [5.41, 5.74) is 0.333. The highest BCUT2D eigenvalue weighted by atomic mass is 35.5. The van der Waals surface area contributed by atoms with Crippen molar-refractivity contribution in [3.63, 3.8) is 0 Å². The van der Waals surface area contributed by atoms with Gasteiger partial charge in [0.15, 0.2) is 0 Å². The monoisotopic (exact) mass is 248 g/mol. The van der Waals surface area contributed by atoms with Crippen LogP contribution < -0.4 is 10.6 Å². The lowest BCUT2D eigenvalue weighted by atomic mass is 9.82. The van der Waals surface area contributed by atoms with E-state index in [1.165, 1.54) is 38.5 Å². The van der Waals surface area contributed by atoms with Gasteiger partial charge in [-0.25, -0.2) is 0 Å². The van der Waals surface area contributed by atoms with E-state index < -0.39 is 0 Å². The zero-order chi connectivity index (χ0) is 11.1. The molecule has 0 radical (unpaired) electrons. The van der Waals surface area contributed by atoms with Crippen LogP contribution >= 0.6 is 12.4 Å². The molecule has 0 aromatic rings. The summed E-state index contributed by atoms with van der Waals surface area (Å²) in [5, 5.41) is 5.89. The van der Waals surface area contributed by atoms with Gasteiger partial charge in [-0.15, -0.1) is 12.4 Å². The second-order valence-corrected chi connectivity index (χ2v) is 5.03. The van der Waals surface area contributed by atoms with Gasteiger partial charge in [0.1, 0.15) is 0 Å². The first-order valence-electron chi connectivity index (χ1n) is 6.08. The normalized spacial score (nSPS) is 19.4. The van der Waals surface area contributed by atoms with Crippen molar-refractivity contribution in [3.05, 3.63) is 0 Å². The van der Waals surface area contributed by atoms with Crippen molar-refractivity contribution in [2.24, 2.45) is 5.41 Å². The lowest BCUT2D eigenvalue weighted by Crippen LogP contribution is -2.39. The highest BCUT2D eigenvalue weighted by Gasteiger charge is 2.25. The van der Waals surface area contributed by atoms with Crippen molar-refractivity contribution in [1.29, 1.82) is 0 Å². The molecule has 0 spiro atoms. The predicted molar refractivity (Wildman–Crippen MR) is 70.0 cm³/mol. The lowest BCUT2D eigenvalue weighted by Gasteiger charge is -2.28. The number of carbonyl (C=O) groups is 1.